The van der Waals surface area contributed by atoms with Crippen LogP contribution in [0, 0.1) is 0 Å². The van der Waals surface area contributed by atoms with Crippen LogP contribution in [-0.4, -0.2) is 50.8 Å². The zero-order valence-electron chi connectivity index (χ0n) is 18.3. The number of aromatic nitrogens is 3. The molecule has 30 heavy (non-hydrogen) atoms. The molecule has 3 heterocycles. The van der Waals surface area contributed by atoms with Crippen LogP contribution in [-0.2, 0) is 26.1 Å². The fourth-order valence-electron chi connectivity index (χ4n) is 4.55. The smallest absolute Gasteiger partial charge is 0.191 e. The molecule has 162 valence electrons. The first-order valence-electron chi connectivity index (χ1n) is 11.5. The van der Waals surface area contributed by atoms with Crippen LogP contribution in [0.3, 0.4) is 0 Å². The summed E-state index contributed by atoms with van der Waals surface area (Å²) in [6.45, 7) is 9.03. The topological polar surface area (TPSA) is 70.4 Å². The predicted molar refractivity (Wildman–Crippen MR) is 120 cm³/mol. The van der Waals surface area contributed by atoms with Gasteiger partial charge in [-0.3, -0.25) is 4.90 Å². The zero-order valence-corrected chi connectivity index (χ0v) is 18.3. The van der Waals surface area contributed by atoms with Gasteiger partial charge in [0.05, 0.1) is 0 Å². The molecular formula is C23H35N7. The van der Waals surface area contributed by atoms with Crippen LogP contribution < -0.4 is 10.6 Å². The van der Waals surface area contributed by atoms with E-state index in [0.29, 0.717) is 18.6 Å². The van der Waals surface area contributed by atoms with Gasteiger partial charge in [0.1, 0.15) is 12.4 Å². The summed E-state index contributed by atoms with van der Waals surface area (Å²) in [5.41, 5.74) is 1.39. The molecule has 0 aliphatic carbocycles. The second-order valence-corrected chi connectivity index (χ2v) is 8.51. The molecule has 1 aromatic heterocycles. The highest BCUT2D eigenvalue weighted by atomic mass is 15.3. The van der Waals surface area contributed by atoms with Crippen molar-refractivity contribution in [3.8, 4) is 0 Å². The first-order valence-corrected chi connectivity index (χ1v) is 11.5. The average molecular weight is 410 g/mol. The molecule has 1 aromatic carbocycles. The molecule has 2 N–H and O–H groups in total. The highest BCUT2D eigenvalue weighted by Crippen LogP contribution is 2.20. The van der Waals surface area contributed by atoms with E-state index in [1.807, 2.05) is 0 Å². The van der Waals surface area contributed by atoms with E-state index in [0.717, 1.165) is 63.0 Å². The number of guanidine groups is 1. The van der Waals surface area contributed by atoms with E-state index in [-0.39, 0.29) is 0 Å². The molecule has 4 rings (SSSR count). The molecule has 0 saturated carbocycles. The van der Waals surface area contributed by atoms with Crippen LogP contribution in [0.2, 0.25) is 0 Å². The van der Waals surface area contributed by atoms with E-state index >= 15 is 0 Å². The monoisotopic (exact) mass is 409 g/mol. The molecule has 0 amide bonds. The number of piperidine rings is 1. The van der Waals surface area contributed by atoms with Crippen molar-refractivity contribution >= 4 is 5.96 Å². The van der Waals surface area contributed by atoms with Gasteiger partial charge in [0.25, 0.3) is 0 Å². The average Bonchev–Trinajstić information content (AvgIpc) is 3.18. The number of fused-ring (bicyclic) bond motifs is 1. The lowest BCUT2D eigenvalue weighted by molar-refractivity contribution is 0.134. The molecule has 2 aliphatic heterocycles. The van der Waals surface area contributed by atoms with Gasteiger partial charge < -0.3 is 15.2 Å². The van der Waals surface area contributed by atoms with Gasteiger partial charge in [0.2, 0.25) is 0 Å². The summed E-state index contributed by atoms with van der Waals surface area (Å²) in [6.07, 6.45) is 5.71. The molecule has 0 bridgehead atoms. The largest absolute Gasteiger partial charge is 0.357 e. The summed E-state index contributed by atoms with van der Waals surface area (Å²) < 4.78 is 2.25. The van der Waals surface area contributed by atoms with Crippen molar-refractivity contribution in [2.24, 2.45) is 4.99 Å². The summed E-state index contributed by atoms with van der Waals surface area (Å²) in [7, 11) is 0. The molecule has 1 fully saturated rings. The highest BCUT2D eigenvalue weighted by Gasteiger charge is 2.26. The van der Waals surface area contributed by atoms with Crippen LogP contribution >= 0.6 is 0 Å². The molecule has 2 aliphatic rings. The number of hydrogen-bond donors (Lipinski definition) is 2. The van der Waals surface area contributed by atoms with Gasteiger partial charge in [-0.05, 0) is 45.1 Å². The number of rotatable bonds is 6. The standard InChI is InChI=1S/C23H35N7/c1-3-24-23(25-16-22-28-27-21-11-7-8-13-30(21)22)26-20-12-14-29(18(2)15-20)17-19-9-5-4-6-10-19/h4-6,9-10,18,20H,3,7-8,11-17H2,1-2H3,(H2,24,25,26). The van der Waals surface area contributed by atoms with Crippen molar-refractivity contribution < 1.29 is 0 Å². The lowest BCUT2D eigenvalue weighted by atomic mass is 9.97. The fourth-order valence-corrected chi connectivity index (χ4v) is 4.55. The molecule has 7 nitrogen and oxygen atoms in total. The Balaban J connectivity index is 1.33. The van der Waals surface area contributed by atoms with Gasteiger partial charge in [0, 0.05) is 44.7 Å². The first kappa shape index (κ1) is 20.8. The van der Waals surface area contributed by atoms with Crippen LogP contribution in [0.25, 0.3) is 0 Å². The number of benzene rings is 1. The number of aryl methyl sites for hydroxylation is 1. The van der Waals surface area contributed by atoms with Crippen LogP contribution in [0.15, 0.2) is 35.3 Å². The predicted octanol–water partition coefficient (Wildman–Crippen LogP) is 2.72. The maximum absolute atomic E-state index is 4.83. The minimum Gasteiger partial charge on any atom is -0.357 e. The number of nitrogens with zero attached hydrogens (tertiary/aromatic N) is 5. The molecular weight excluding hydrogens is 374 g/mol. The Kier molecular flexibility index (Phi) is 7.00. The van der Waals surface area contributed by atoms with Crippen molar-refractivity contribution in [2.45, 2.75) is 77.7 Å². The summed E-state index contributed by atoms with van der Waals surface area (Å²) in [5.74, 6) is 2.98. The van der Waals surface area contributed by atoms with Gasteiger partial charge in [-0.15, -0.1) is 10.2 Å². The Hall–Kier alpha value is -2.41. The van der Waals surface area contributed by atoms with E-state index in [1.165, 1.54) is 18.4 Å². The maximum Gasteiger partial charge on any atom is 0.191 e. The molecule has 1 saturated heterocycles. The number of hydrogen-bond acceptors (Lipinski definition) is 4. The molecule has 0 radical (unpaired) electrons. The number of aliphatic imine (C=N–C) groups is 1. The van der Waals surface area contributed by atoms with Crippen molar-refractivity contribution in [2.75, 3.05) is 13.1 Å². The number of nitrogens with one attached hydrogen (secondary N) is 2. The van der Waals surface area contributed by atoms with Gasteiger partial charge in [-0.25, -0.2) is 4.99 Å². The minimum atomic E-state index is 0.442. The lowest BCUT2D eigenvalue weighted by Crippen LogP contribution is -2.51. The van der Waals surface area contributed by atoms with Crippen LogP contribution in [0.4, 0.5) is 0 Å². The van der Waals surface area contributed by atoms with Crippen LogP contribution in [0.5, 0.6) is 0 Å². The third-order valence-corrected chi connectivity index (χ3v) is 6.24. The molecule has 2 atom stereocenters. The van der Waals surface area contributed by atoms with E-state index in [1.54, 1.807) is 0 Å². The Labute approximate surface area is 180 Å². The maximum atomic E-state index is 4.83. The third-order valence-electron chi connectivity index (χ3n) is 6.24. The van der Waals surface area contributed by atoms with Crippen molar-refractivity contribution in [3.05, 3.63) is 47.5 Å². The van der Waals surface area contributed by atoms with E-state index in [9.17, 15) is 0 Å². The quantitative estimate of drug-likeness (QED) is 0.567. The highest BCUT2D eigenvalue weighted by molar-refractivity contribution is 5.80. The fraction of sp³-hybridized carbons (Fsp3) is 0.609. The van der Waals surface area contributed by atoms with Gasteiger partial charge in [-0.2, -0.15) is 0 Å². The Morgan fingerprint density at radius 3 is 2.83 bits per heavy atom. The van der Waals surface area contributed by atoms with E-state index in [4.69, 9.17) is 4.99 Å². The van der Waals surface area contributed by atoms with Gasteiger partial charge in [0.15, 0.2) is 11.8 Å². The Morgan fingerprint density at radius 1 is 1.17 bits per heavy atom. The van der Waals surface area contributed by atoms with E-state index < -0.39 is 0 Å². The van der Waals surface area contributed by atoms with Gasteiger partial charge in [-0.1, -0.05) is 30.3 Å². The zero-order chi connectivity index (χ0) is 20.8. The van der Waals surface area contributed by atoms with E-state index in [2.05, 4.69) is 74.5 Å². The first-order chi connectivity index (χ1) is 14.7. The molecule has 2 aromatic rings. The summed E-state index contributed by atoms with van der Waals surface area (Å²) in [4.78, 5) is 7.41. The Bertz CT molecular complexity index is 829. The summed E-state index contributed by atoms with van der Waals surface area (Å²) in [5, 5.41) is 15.8. The lowest BCUT2D eigenvalue weighted by Gasteiger charge is -2.38. The third kappa shape index (κ3) is 5.19. The van der Waals surface area contributed by atoms with Gasteiger partial charge >= 0.3 is 0 Å². The molecule has 7 heteroatoms. The van der Waals surface area contributed by atoms with Crippen molar-refractivity contribution in [1.29, 1.82) is 0 Å². The molecule has 2 unspecified atom stereocenters. The van der Waals surface area contributed by atoms with Crippen molar-refractivity contribution in [1.82, 2.24) is 30.3 Å². The summed E-state index contributed by atoms with van der Waals surface area (Å²) in [6, 6.07) is 11.8. The minimum absolute atomic E-state index is 0.442. The summed E-state index contributed by atoms with van der Waals surface area (Å²) >= 11 is 0. The SMILES string of the molecule is CCNC(=NCc1nnc2n1CCCC2)NC1CCN(Cc2ccccc2)C(C)C1. The second-order valence-electron chi connectivity index (χ2n) is 8.51. The van der Waals surface area contributed by atoms with Crippen LogP contribution in [0.1, 0.15) is 56.7 Å². The van der Waals surface area contributed by atoms with Crippen molar-refractivity contribution in [3.63, 3.8) is 0 Å². The number of likely N-dealkylation sites (tertiary alicyclic amines) is 1. The second kappa shape index (κ2) is 10.1. The normalized spacial score (nSPS) is 22.5. The Morgan fingerprint density at radius 2 is 2.03 bits per heavy atom. The molecule has 0 spiro atoms.